The number of aryl methyl sites for hydroxylation is 1. The van der Waals surface area contributed by atoms with Crippen molar-refractivity contribution in [2.45, 2.75) is 6.92 Å². The Hall–Kier alpha value is -1.56. The minimum Gasteiger partial charge on any atom is -0.308 e. The molecule has 0 heterocycles. The van der Waals surface area contributed by atoms with E-state index in [9.17, 15) is 4.79 Å². The molecule has 0 saturated heterocycles. The summed E-state index contributed by atoms with van der Waals surface area (Å²) in [5, 5.41) is 5.63. The van der Waals surface area contributed by atoms with E-state index in [1.54, 1.807) is 0 Å². The van der Waals surface area contributed by atoms with Gasteiger partial charge in [0.1, 0.15) is 0 Å². The van der Waals surface area contributed by atoms with E-state index in [0.717, 1.165) is 20.5 Å². The summed E-state index contributed by atoms with van der Waals surface area (Å²) in [7, 11) is 0. The second-order valence-electron chi connectivity index (χ2n) is 3.93. The van der Waals surface area contributed by atoms with Crippen molar-refractivity contribution in [3.63, 3.8) is 0 Å². The Labute approximate surface area is 120 Å². The molecule has 2 aromatic rings. The van der Waals surface area contributed by atoms with E-state index >= 15 is 0 Å². The maximum absolute atomic E-state index is 11.8. The lowest BCUT2D eigenvalue weighted by atomic mass is 10.2. The fourth-order valence-electron chi connectivity index (χ4n) is 1.57. The second kappa shape index (κ2) is 5.86. The average molecular weight is 352 g/mol. The minimum atomic E-state index is -0.232. The highest BCUT2D eigenvalue weighted by atomic mass is 127. The predicted molar refractivity (Wildman–Crippen MR) is 83.0 cm³/mol. The number of hydrogen-bond acceptors (Lipinski definition) is 1. The number of carbonyl (C=O) groups excluding carboxylic acids is 1. The molecule has 4 heteroatoms. The molecule has 0 bridgehead atoms. The van der Waals surface area contributed by atoms with Crippen LogP contribution >= 0.6 is 22.6 Å². The van der Waals surface area contributed by atoms with E-state index in [-0.39, 0.29) is 6.03 Å². The molecular weight excluding hydrogens is 339 g/mol. The highest BCUT2D eigenvalue weighted by molar-refractivity contribution is 14.1. The fraction of sp³-hybridized carbons (Fsp3) is 0.0714. The Bertz CT molecular complexity index is 569. The lowest BCUT2D eigenvalue weighted by molar-refractivity contribution is 0.262. The first kappa shape index (κ1) is 12.9. The number of benzene rings is 2. The monoisotopic (exact) mass is 352 g/mol. The summed E-state index contributed by atoms with van der Waals surface area (Å²) >= 11 is 2.19. The number of amides is 2. The molecular formula is C14H13IN2O. The Morgan fingerprint density at radius 1 is 1.06 bits per heavy atom. The number of para-hydroxylation sites is 1. The zero-order valence-corrected chi connectivity index (χ0v) is 12.1. The van der Waals surface area contributed by atoms with Crippen LogP contribution in [0.5, 0.6) is 0 Å². The van der Waals surface area contributed by atoms with Crippen LogP contribution in [0.4, 0.5) is 16.2 Å². The van der Waals surface area contributed by atoms with Gasteiger partial charge in [-0.15, -0.1) is 0 Å². The van der Waals surface area contributed by atoms with Crippen LogP contribution in [0.15, 0.2) is 48.5 Å². The average Bonchev–Trinajstić information content (AvgIpc) is 2.32. The molecule has 2 amide bonds. The number of rotatable bonds is 2. The van der Waals surface area contributed by atoms with Gasteiger partial charge in [0, 0.05) is 9.26 Å². The Balaban J connectivity index is 2.03. The van der Waals surface area contributed by atoms with Gasteiger partial charge in [0.15, 0.2) is 0 Å². The van der Waals surface area contributed by atoms with Crippen molar-refractivity contribution in [1.82, 2.24) is 0 Å². The second-order valence-corrected chi connectivity index (χ2v) is 5.09. The van der Waals surface area contributed by atoms with Crippen LogP contribution in [0.2, 0.25) is 0 Å². The fourth-order valence-corrected chi connectivity index (χ4v) is 2.09. The van der Waals surface area contributed by atoms with Gasteiger partial charge in [-0.2, -0.15) is 0 Å². The van der Waals surface area contributed by atoms with Crippen molar-refractivity contribution in [2.75, 3.05) is 10.6 Å². The quantitative estimate of drug-likeness (QED) is 0.780. The number of urea groups is 1. The molecule has 0 aromatic heterocycles. The molecule has 2 N–H and O–H groups in total. The summed E-state index contributed by atoms with van der Waals surface area (Å²) in [6, 6.07) is 15.1. The number of hydrogen-bond donors (Lipinski definition) is 2. The Kier molecular flexibility index (Phi) is 4.19. The summed E-state index contributed by atoms with van der Waals surface area (Å²) in [5.74, 6) is 0. The van der Waals surface area contributed by atoms with E-state index in [4.69, 9.17) is 0 Å². The first-order valence-corrected chi connectivity index (χ1v) is 6.62. The summed E-state index contributed by atoms with van der Waals surface area (Å²) < 4.78 is 1.01. The van der Waals surface area contributed by atoms with Crippen LogP contribution in [0.3, 0.4) is 0 Å². The van der Waals surface area contributed by atoms with Gasteiger partial charge in [0.25, 0.3) is 0 Å². The minimum absolute atomic E-state index is 0.232. The van der Waals surface area contributed by atoms with Crippen LogP contribution in [0, 0.1) is 10.5 Å². The molecule has 0 aliphatic rings. The third-order valence-electron chi connectivity index (χ3n) is 2.40. The van der Waals surface area contributed by atoms with Crippen LogP contribution in [0.25, 0.3) is 0 Å². The van der Waals surface area contributed by atoms with E-state index in [2.05, 4.69) is 33.2 Å². The zero-order valence-electron chi connectivity index (χ0n) is 9.91. The SMILES string of the molecule is Cc1cccc(NC(=O)Nc2ccccc2I)c1. The third kappa shape index (κ3) is 3.46. The van der Waals surface area contributed by atoms with Crippen LogP contribution in [-0.4, -0.2) is 6.03 Å². The van der Waals surface area contributed by atoms with Crippen molar-refractivity contribution >= 4 is 40.0 Å². The molecule has 0 spiro atoms. The first-order chi connectivity index (χ1) is 8.65. The number of anilines is 2. The normalized spacial score (nSPS) is 9.89. The number of nitrogens with one attached hydrogen (secondary N) is 2. The van der Waals surface area contributed by atoms with Gasteiger partial charge in [0.2, 0.25) is 0 Å². The summed E-state index contributed by atoms with van der Waals surface area (Å²) in [4.78, 5) is 11.8. The van der Waals surface area contributed by atoms with Crippen molar-refractivity contribution in [1.29, 1.82) is 0 Å². The lowest BCUT2D eigenvalue weighted by Crippen LogP contribution is -2.19. The zero-order chi connectivity index (χ0) is 13.0. The first-order valence-electron chi connectivity index (χ1n) is 5.54. The molecule has 0 unspecified atom stereocenters. The van der Waals surface area contributed by atoms with Crippen molar-refractivity contribution in [2.24, 2.45) is 0 Å². The standard InChI is InChI=1S/C14H13IN2O/c1-10-5-4-6-11(9-10)16-14(18)17-13-8-3-2-7-12(13)15/h2-9H,1H3,(H2,16,17,18). The molecule has 92 valence electrons. The van der Waals surface area contributed by atoms with Crippen molar-refractivity contribution in [3.8, 4) is 0 Å². The van der Waals surface area contributed by atoms with Gasteiger partial charge < -0.3 is 10.6 Å². The highest BCUT2D eigenvalue weighted by Crippen LogP contribution is 2.17. The predicted octanol–water partition coefficient (Wildman–Crippen LogP) is 4.24. The summed E-state index contributed by atoms with van der Waals surface area (Å²) in [6.07, 6.45) is 0. The van der Waals surface area contributed by atoms with Gasteiger partial charge in [-0.05, 0) is 59.3 Å². The van der Waals surface area contributed by atoms with Gasteiger partial charge in [-0.25, -0.2) is 4.79 Å². The molecule has 0 aliphatic heterocycles. The van der Waals surface area contributed by atoms with Gasteiger partial charge >= 0.3 is 6.03 Å². The maximum atomic E-state index is 11.8. The van der Waals surface area contributed by atoms with Crippen LogP contribution in [-0.2, 0) is 0 Å². The van der Waals surface area contributed by atoms with Gasteiger partial charge in [-0.3, -0.25) is 0 Å². The Morgan fingerprint density at radius 3 is 2.56 bits per heavy atom. The third-order valence-corrected chi connectivity index (χ3v) is 3.34. The molecule has 0 atom stereocenters. The maximum Gasteiger partial charge on any atom is 0.323 e. The lowest BCUT2D eigenvalue weighted by Gasteiger charge is -2.09. The largest absolute Gasteiger partial charge is 0.323 e. The molecule has 0 radical (unpaired) electrons. The van der Waals surface area contributed by atoms with E-state index in [0.29, 0.717) is 0 Å². The molecule has 0 saturated carbocycles. The molecule has 2 aromatic carbocycles. The molecule has 3 nitrogen and oxygen atoms in total. The van der Waals surface area contributed by atoms with Crippen LogP contribution < -0.4 is 10.6 Å². The van der Waals surface area contributed by atoms with E-state index < -0.39 is 0 Å². The molecule has 0 fully saturated rings. The van der Waals surface area contributed by atoms with Gasteiger partial charge in [-0.1, -0.05) is 24.3 Å². The Morgan fingerprint density at radius 2 is 1.83 bits per heavy atom. The topological polar surface area (TPSA) is 41.1 Å². The van der Waals surface area contributed by atoms with Crippen LogP contribution in [0.1, 0.15) is 5.56 Å². The molecule has 2 rings (SSSR count). The molecule has 18 heavy (non-hydrogen) atoms. The highest BCUT2D eigenvalue weighted by Gasteiger charge is 2.04. The summed E-state index contributed by atoms with van der Waals surface area (Å²) in [5.41, 5.74) is 2.71. The number of carbonyl (C=O) groups is 1. The van der Waals surface area contributed by atoms with Crippen molar-refractivity contribution in [3.05, 3.63) is 57.7 Å². The smallest absolute Gasteiger partial charge is 0.308 e. The van der Waals surface area contributed by atoms with Gasteiger partial charge in [0.05, 0.1) is 5.69 Å². The van der Waals surface area contributed by atoms with E-state index in [1.807, 2.05) is 55.5 Å². The summed E-state index contributed by atoms with van der Waals surface area (Å²) in [6.45, 7) is 1.99. The molecule has 0 aliphatic carbocycles. The van der Waals surface area contributed by atoms with Crippen molar-refractivity contribution < 1.29 is 4.79 Å². The number of halogens is 1. The van der Waals surface area contributed by atoms with E-state index in [1.165, 1.54) is 0 Å².